The summed E-state index contributed by atoms with van der Waals surface area (Å²) in [5.74, 6) is -0.517. The number of nitrogens with one attached hydrogen (secondary N) is 1. The smallest absolute Gasteiger partial charge is 0.416 e. The summed E-state index contributed by atoms with van der Waals surface area (Å²) in [5, 5.41) is 3.25. The number of rotatable bonds is 4. The van der Waals surface area contributed by atoms with Crippen LogP contribution in [0.3, 0.4) is 0 Å². The van der Waals surface area contributed by atoms with Crippen molar-refractivity contribution in [1.82, 2.24) is 10.2 Å². The molecule has 0 spiro atoms. The van der Waals surface area contributed by atoms with Gasteiger partial charge in [0.05, 0.1) is 18.7 Å². The Balaban J connectivity index is 2.12. The number of benzene rings is 2. The summed E-state index contributed by atoms with van der Waals surface area (Å²) in [6.07, 6.45) is -3.67. The van der Waals surface area contributed by atoms with Crippen molar-refractivity contribution in [3.8, 4) is 5.75 Å². The van der Waals surface area contributed by atoms with Crippen LogP contribution in [0.25, 0.3) is 0 Å². The van der Waals surface area contributed by atoms with Crippen LogP contribution in [0.5, 0.6) is 5.75 Å². The predicted molar refractivity (Wildman–Crippen MR) is 95.3 cm³/mol. The molecule has 1 aliphatic heterocycles. The third kappa shape index (κ3) is 4.42. The molecule has 1 N–H and O–H groups in total. The normalized spacial score (nSPS) is 17.4. The second-order valence-electron chi connectivity index (χ2n) is 6.52. The molecular formula is C20H22F4N2O. The number of hydrogen-bond acceptors (Lipinski definition) is 3. The van der Waals surface area contributed by atoms with Gasteiger partial charge in [0.15, 0.2) is 11.6 Å². The molecule has 7 heteroatoms. The Hall–Kier alpha value is -2.12. The number of alkyl halides is 3. The van der Waals surface area contributed by atoms with Gasteiger partial charge in [-0.1, -0.05) is 24.3 Å². The van der Waals surface area contributed by atoms with Gasteiger partial charge in [-0.2, -0.15) is 13.2 Å². The highest BCUT2D eigenvalue weighted by Gasteiger charge is 2.37. The molecule has 146 valence electrons. The summed E-state index contributed by atoms with van der Waals surface area (Å²) < 4.78 is 60.2. The molecule has 27 heavy (non-hydrogen) atoms. The average molecular weight is 382 g/mol. The van der Waals surface area contributed by atoms with Crippen molar-refractivity contribution in [1.29, 1.82) is 0 Å². The Bertz CT molecular complexity index is 771. The molecule has 1 unspecified atom stereocenters. The lowest BCUT2D eigenvalue weighted by Crippen LogP contribution is -2.34. The largest absolute Gasteiger partial charge is 0.494 e. The van der Waals surface area contributed by atoms with E-state index in [9.17, 15) is 17.6 Å². The highest BCUT2D eigenvalue weighted by molar-refractivity contribution is 5.41. The Labute approximate surface area is 155 Å². The van der Waals surface area contributed by atoms with E-state index in [0.29, 0.717) is 25.2 Å². The predicted octanol–water partition coefficient (Wildman–Crippen LogP) is 4.24. The quantitative estimate of drug-likeness (QED) is 0.801. The first-order chi connectivity index (χ1) is 12.9. The lowest BCUT2D eigenvalue weighted by molar-refractivity contribution is -0.138. The molecule has 1 fully saturated rings. The zero-order valence-electron chi connectivity index (χ0n) is 15.0. The minimum atomic E-state index is -4.48. The topological polar surface area (TPSA) is 24.5 Å². The Morgan fingerprint density at radius 2 is 1.85 bits per heavy atom. The molecule has 2 aromatic carbocycles. The molecule has 1 atom stereocenters. The number of halogens is 4. The Kier molecular flexibility index (Phi) is 6.01. The maximum Gasteiger partial charge on any atom is 0.416 e. The van der Waals surface area contributed by atoms with Gasteiger partial charge in [0, 0.05) is 19.6 Å². The first kappa shape index (κ1) is 19.6. The summed E-state index contributed by atoms with van der Waals surface area (Å²) >= 11 is 0. The molecule has 2 aromatic rings. The molecule has 1 aliphatic rings. The standard InChI is InChI=1S/C20H22F4N2O/c1-27-18-8-7-14(13-17(18)21)19(26-11-4-9-25-10-12-26)15-5-2-3-6-16(15)20(22,23)24/h2-3,5-8,13,19,25H,4,9-12H2,1H3. The van der Waals surface area contributed by atoms with Crippen molar-refractivity contribution in [2.75, 3.05) is 33.3 Å². The molecule has 3 nitrogen and oxygen atoms in total. The van der Waals surface area contributed by atoms with Gasteiger partial charge in [-0.05, 0) is 42.3 Å². The van der Waals surface area contributed by atoms with Gasteiger partial charge in [0.1, 0.15) is 0 Å². The summed E-state index contributed by atoms with van der Waals surface area (Å²) in [4.78, 5) is 1.98. The summed E-state index contributed by atoms with van der Waals surface area (Å²) in [5.41, 5.74) is -0.0770. The molecule has 0 saturated carbocycles. The lowest BCUT2D eigenvalue weighted by Gasteiger charge is -2.33. The second kappa shape index (κ2) is 8.27. The van der Waals surface area contributed by atoms with Crippen LogP contribution in [0.4, 0.5) is 17.6 Å². The van der Waals surface area contributed by atoms with Gasteiger partial charge < -0.3 is 10.1 Å². The zero-order valence-corrected chi connectivity index (χ0v) is 15.0. The van der Waals surface area contributed by atoms with Crippen LogP contribution in [-0.2, 0) is 6.18 Å². The van der Waals surface area contributed by atoms with E-state index in [1.165, 1.54) is 31.4 Å². The first-order valence-corrected chi connectivity index (χ1v) is 8.86. The van der Waals surface area contributed by atoms with Gasteiger partial charge >= 0.3 is 6.18 Å². The monoisotopic (exact) mass is 382 g/mol. The third-order valence-corrected chi connectivity index (χ3v) is 4.79. The van der Waals surface area contributed by atoms with Crippen molar-refractivity contribution in [3.63, 3.8) is 0 Å². The molecule has 0 aliphatic carbocycles. The van der Waals surface area contributed by atoms with Crippen LogP contribution in [0.1, 0.15) is 29.2 Å². The summed E-state index contributed by atoms with van der Waals surface area (Å²) in [6.45, 7) is 2.67. The van der Waals surface area contributed by atoms with Crippen molar-refractivity contribution in [3.05, 3.63) is 65.0 Å². The van der Waals surface area contributed by atoms with Crippen LogP contribution < -0.4 is 10.1 Å². The van der Waals surface area contributed by atoms with Crippen molar-refractivity contribution < 1.29 is 22.3 Å². The van der Waals surface area contributed by atoms with Gasteiger partial charge in [0.25, 0.3) is 0 Å². The molecule has 0 amide bonds. The summed E-state index contributed by atoms with van der Waals surface area (Å²) in [7, 11) is 1.36. The number of hydrogen-bond donors (Lipinski definition) is 1. The highest BCUT2D eigenvalue weighted by atomic mass is 19.4. The zero-order chi connectivity index (χ0) is 19.4. The number of methoxy groups -OCH3 is 1. The highest BCUT2D eigenvalue weighted by Crippen LogP contribution is 2.39. The van der Waals surface area contributed by atoms with E-state index in [-0.39, 0.29) is 11.3 Å². The average Bonchev–Trinajstić information content (AvgIpc) is 2.91. The SMILES string of the molecule is COc1ccc(C(c2ccccc2C(F)(F)F)N2CCCNCC2)cc1F. The molecule has 0 aromatic heterocycles. The molecule has 0 radical (unpaired) electrons. The van der Waals surface area contributed by atoms with Crippen LogP contribution in [0, 0.1) is 5.82 Å². The van der Waals surface area contributed by atoms with Crippen molar-refractivity contribution in [2.24, 2.45) is 0 Å². The lowest BCUT2D eigenvalue weighted by atomic mass is 9.92. The maximum atomic E-state index is 14.3. The Morgan fingerprint density at radius 1 is 1.07 bits per heavy atom. The molecule has 0 bridgehead atoms. The fourth-order valence-corrected chi connectivity index (χ4v) is 3.56. The van der Waals surface area contributed by atoms with E-state index in [1.54, 1.807) is 12.1 Å². The van der Waals surface area contributed by atoms with Gasteiger partial charge in [-0.25, -0.2) is 4.39 Å². The van der Waals surface area contributed by atoms with E-state index < -0.39 is 23.6 Å². The van der Waals surface area contributed by atoms with Crippen molar-refractivity contribution >= 4 is 0 Å². The van der Waals surface area contributed by atoms with Crippen LogP contribution >= 0.6 is 0 Å². The van der Waals surface area contributed by atoms with E-state index in [2.05, 4.69) is 5.32 Å². The fourth-order valence-electron chi connectivity index (χ4n) is 3.56. The molecular weight excluding hydrogens is 360 g/mol. The fraction of sp³-hybridized carbons (Fsp3) is 0.400. The minimum absolute atomic E-state index is 0.0686. The number of ether oxygens (including phenoxy) is 1. The van der Waals surface area contributed by atoms with Gasteiger partial charge in [-0.3, -0.25) is 4.90 Å². The van der Waals surface area contributed by atoms with E-state index in [0.717, 1.165) is 19.0 Å². The Morgan fingerprint density at radius 3 is 2.56 bits per heavy atom. The van der Waals surface area contributed by atoms with Gasteiger partial charge in [0.2, 0.25) is 0 Å². The third-order valence-electron chi connectivity index (χ3n) is 4.79. The molecule has 3 rings (SSSR count). The van der Waals surface area contributed by atoms with Crippen LogP contribution in [0.15, 0.2) is 42.5 Å². The second-order valence-corrected chi connectivity index (χ2v) is 6.52. The number of nitrogens with zero attached hydrogens (tertiary/aromatic N) is 1. The van der Waals surface area contributed by atoms with Crippen molar-refractivity contribution in [2.45, 2.75) is 18.6 Å². The summed E-state index contributed by atoms with van der Waals surface area (Å²) in [6, 6.07) is 9.21. The molecule has 1 saturated heterocycles. The van der Waals surface area contributed by atoms with E-state index in [1.807, 2.05) is 4.90 Å². The maximum absolute atomic E-state index is 14.3. The van der Waals surface area contributed by atoms with Crippen LogP contribution in [0.2, 0.25) is 0 Å². The first-order valence-electron chi connectivity index (χ1n) is 8.86. The van der Waals surface area contributed by atoms with E-state index >= 15 is 0 Å². The van der Waals surface area contributed by atoms with Gasteiger partial charge in [-0.15, -0.1) is 0 Å². The van der Waals surface area contributed by atoms with Crippen LogP contribution in [-0.4, -0.2) is 38.2 Å². The van der Waals surface area contributed by atoms with E-state index in [4.69, 9.17) is 4.74 Å². The minimum Gasteiger partial charge on any atom is -0.494 e. The molecule has 1 heterocycles.